The third-order valence-corrected chi connectivity index (χ3v) is 3.38. The predicted octanol–water partition coefficient (Wildman–Crippen LogP) is 0.121. The molecular weight excluding hydrogens is 344 g/mol. The zero-order chi connectivity index (χ0) is 19.5. The summed E-state index contributed by atoms with van der Waals surface area (Å²) in [6.07, 6.45) is 7.94. The van der Waals surface area contributed by atoms with Crippen LogP contribution in [0.1, 0.15) is 32.6 Å². The van der Waals surface area contributed by atoms with E-state index in [4.69, 9.17) is 0 Å². The second-order valence-corrected chi connectivity index (χ2v) is 5.54. The van der Waals surface area contributed by atoms with Gasteiger partial charge in [0.25, 0.3) is 0 Å². The van der Waals surface area contributed by atoms with Crippen LogP contribution in [0.25, 0.3) is 0 Å². The molecule has 2 N–H and O–H groups in total. The number of nitrogens with one attached hydrogen (secondary N) is 2. The molecule has 0 radical (unpaired) electrons. The number of unbranched alkanes of at least 4 members (excludes halogenated alkanes) is 2. The molecule has 4 amide bonds. The highest BCUT2D eigenvalue weighted by molar-refractivity contribution is 6.17. The van der Waals surface area contributed by atoms with E-state index in [1.165, 1.54) is 6.42 Å². The first-order valence-corrected chi connectivity index (χ1v) is 8.10. The van der Waals surface area contributed by atoms with Gasteiger partial charge in [0.1, 0.15) is 0 Å². The molecule has 10 nitrogen and oxygen atoms in total. The number of amides is 4. The molecule has 0 aliphatic carbocycles. The summed E-state index contributed by atoms with van der Waals surface area (Å²) in [6, 6.07) is 2.78. The Kier molecular flexibility index (Phi) is 8.55. The van der Waals surface area contributed by atoms with Crippen LogP contribution in [-0.4, -0.2) is 34.6 Å². The molecule has 10 heteroatoms. The highest BCUT2D eigenvalue weighted by Crippen LogP contribution is 1.99. The highest BCUT2D eigenvalue weighted by atomic mass is 16.6. The zero-order valence-electron chi connectivity index (χ0n) is 14.3. The Labute approximate surface area is 149 Å². The lowest BCUT2D eigenvalue weighted by Gasteiger charge is -2.13. The van der Waals surface area contributed by atoms with Crippen molar-refractivity contribution >= 4 is 23.6 Å². The summed E-state index contributed by atoms with van der Waals surface area (Å²) < 4.78 is 1.92. The summed E-state index contributed by atoms with van der Waals surface area (Å²) in [5, 5.41) is 13.2. The lowest BCUT2D eigenvalue weighted by molar-refractivity contribution is -0.684. The number of ketones is 1. The Hall–Kier alpha value is -3.17. The van der Waals surface area contributed by atoms with Crippen LogP contribution in [0.15, 0.2) is 30.6 Å². The van der Waals surface area contributed by atoms with E-state index < -0.39 is 28.8 Å². The number of imide groups is 2. The third-order valence-electron chi connectivity index (χ3n) is 3.38. The molecule has 0 spiro atoms. The number of nitro groups is 1. The molecule has 1 aromatic rings. The van der Waals surface area contributed by atoms with Gasteiger partial charge in [-0.15, -0.1) is 0 Å². The van der Waals surface area contributed by atoms with Crippen LogP contribution >= 0.6 is 0 Å². The van der Waals surface area contributed by atoms with E-state index in [-0.39, 0.29) is 0 Å². The maximum absolute atomic E-state index is 11.5. The number of hydrogen-bond donors (Lipinski definition) is 2. The third kappa shape index (κ3) is 7.16. The SMILES string of the molecule is CCCCCC(=O)C[n+]1ccccc1.O=C1NC(=O)C([N+](=O)[O-])C(=O)N1. The Morgan fingerprint density at radius 3 is 2.19 bits per heavy atom. The fraction of sp³-hybridized carbons (Fsp3) is 0.438. The van der Waals surface area contributed by atoms with Crippen molar-refractivity contribution in [3.05, 3.63) is 40.7 Å². The molecule has 2 rings (SSSR count). The summed E-state index contributed by atoms with van der Waals surface area (Å²) in [5.74, 6) is -2.10. The maximum Gasteiger partial charge on any atom is 0.366 e. The van der Waals surface area contributed by atoms with E-state index in [0.29, 0.717) is 12.3 Å². The Balaban J connectivity index is 0.000000263. The van der Waals surface area contributed by atoms with Gasteiger partial charge in [0.2, 0.25) is 6.54 Å². The average molecular weight is 365 g/mol. The van der Waals surface area contributed by atoms with Crippen LogP contribution in [0.4, 0.5) is 4.79 Å². The summed E-state index contributed by atoms with van der Waals surface area (Å²) in [6.45, 7) is 2.67. The Morgan fingerprint density at radius 2 is 1.69 bits per heavy atom. The number of barbiturate groups is 1. The summed E-state index contributed by atoms with van der Waals surface area (Å²) in [7, 11) is 0. The topological polar surface area (TPSA) is 139 Å². The molecule has 0 bridgehead atoms. The van der Waals surface area contributed by atoms with Crippen LogP contribution in [-0.2, 0) is 20.9 Å². The summed E-state index contributed by atoms with van der Waals surface area (Å²) in [4.78, 5) is 52.1. The minimum atomic E-state index is -2.03. The molecule has 0 unspecified atom stereocenters. The standard InChI is InChI=1S/C12H18NO.C4H3N3O5/c1-2-3-5-8-12(14)11-13-9-6-4-7-10-13;8-2-1(7(11)12)3(9)6-4(10)5-2/h4,6-7,9-10H,2-3,5,8,11H2,1H3;1H,(H2,5,6,8,9,10)/q+1;. The van der Waals surface area contributed by atoms with Gasteiger partial charge in [-0.05, 0) is 6.42 Å². The van der Waals surface area contributed by atoms with Crippen LogP contribution in [0.2, 0.25) is 0 Å². The largest absolute Gasteiger partial charge is 0.366 e. The molecule has 1 aromatic heterocycles. The van der Waals surface area contributed by atoms with E-state index in [2.05, 4.69) is 6.92 Å². The molecule has 1 aliphatic rings. The summed E-state index contributed by atoms with van der Waals surface area (Å²) >= 11 is 0. The van der Waals surface area contributed by atoms with Gasteiger partial charge in [-0.1, -0.05) is 25.8 Å². The molecule has 26 heavy (non-hydrogen) atoms. The first kappa shape index (κ1) is 20.9. The molecule has 140 valence electrons. The van der Waals surface area contributed by atoms with Crippen molar-refractivity contribution in [2.24, 2.45) is 0 Å². The number of hydrogen-bond acceptors (Lipinski definition) is 6. The molecule has 0 saturated carbocycles. The normalized spacial score (nSPS) is 14.0. The van der Waals surface area contributed by atoms with E-state index in [1.807, 2.05) is 35.2 Å². The Morgan fingerprint density at radius 1 is 1.12 bits per heavy atom. The van der Waals surface area contributed by atoms with Gasteiger partial charge in [0, 0.05) is 23.5 Å². The van der Waals surface area contributed by atoms with E-state index in [1.54, 1.807) is 10.6 Å². The lowest BCUT2D eigenvalue weighted by atomic mass is 10.1. The van der Waals surface area contributed by atoms with Gasteiger partial charge < -0.3 is 0 Å². The first-order chi connectivity index (χ1) is 12.3. The lowest BCUT2D eigenvalue weighted by Crippen LogP contribution is -2.61. The molecule has 0 aromatic carbocycles. The number of carbonyl (C=O) groups excluding carboxylic acids is 4. The molecule has 1 aliphatic heterocycles. The molecule has 1 saturated heterocycles. The Bertz CT molecular complexity index is 657. The van der Waals surface area contributed by atoms with Crippen molar-refractivity contribution in [3.8, 4) is 0 Å². The van der Waals surface area contributed by atoms with Crippen molar-refractivity contribution in [1.82, 2.24) is 10.6 Å². The van der Waals surface area contributed by atoms with Gasteiger partial charge in [0.05, 0.1) is 0 Å². The number of urea groups is 1. The second-order valence-electron chi connectivity index (χ2n) is 5.54. The number of Topliss-reactive ketones (excluding diaryl/α,β-unsaturated/α-hetero) is 1. The first-order valence-electron chi connectivity index (χ1n) is 8.10. The quantitative estimate of drug-likeness (QED) is 0.231. The number of nitrogens with zero attached hydrogens (tertiary/aromatic N) is 2. The average Bonchev–Trinajstić information content (AvgIpc) is 2.55. The van der Waals surface area contributed by atoms with Gasteiger partial charge in [-0.25, -0.2) is 4.79 Å². The van der Waals surface area contributed by atoms with Gasteiger partial charge >= 0.3 is 23.9 Å². The summed E-state index contributed by atoms with van der Waals surface area (Å²) in [5.41, 5.74) is 0. The minimum absolute atomic E-state index is 0.328. The van der Waals surface area contributed by atoms with E-state index >= 15 is 0 Å². The highest BCUT2D eigenvalue weighted by Gasteiger charge is 2.43. The molecule has 1 fully saturated rings. The van der Waals surface area contributed by atoms with Crippen molar-refractivity contribution in [2.45, 2.75) is 45.2 Å². The van der Waals surface area contributed by atoms with Gasteiger partial charge in [-0.2, -0.15) is 4.57 Å². The molecular formula is C16H21N4O6+. The number of aromatic nitrogens is 1. The smallest absolute Gasteiger partial charge is 0.293 e. The number of carbonyl (C=O) groups is 4. The van der Waals surface area contributed by atoms with Crippen LogP contribution < -0.4 is 15.2 Å². The van der Waals surface area contributed by atoms with Gasteiger partial charge in [0.15, 0.2) is 18.2 Å². The van der Waals surface area contributed by atoms with Crippen LogP contribution in [0.5, 0.6) is 0 Å². The monoisotopic (exact) mass is 365 g/mol. The van der Waals surface area contributed by atoms with Crippen LogP contribution in [0, 0.1) is 10.1 Å². The molecule has 2 heterocycles. The van der Waals surface area contributed by atoms with Crippen molar-refractivity contribution in [2.75, 3.05) is 0 Å². The number of pyridine rings is 1. The number of rotatable bonds is 7. The van der Waals surface area contributed by atoms with Crippen LogP contribution in [0.3, 0.4) is 0 Å². The van der Waals surface area contributed by atoms with Crippen molar-refractivity contribution in [3.63, 3.8) is 0 Å². The van der Waals surface area contributed by atoms with Gasteiger partial charge in [-0.3, -0.25) is 35.1 Å². The predicted molar refractivity (Wildman–Crippen MR) is 88.2 cm³/mol. The fourth-order valence-corrected chi connectivity index (χ4v) is 2.10. The van der Waals surface area contributed by atoms with Crippen molar-refractivity contribution < 1.29 is 28.7 Å². The fourth-order valence-electron chi connectivity index (χ4n) is 2.10. The minimum Gasteiger partial charge on any atom is -0.293 e. The van der Waals surface area contributed by atoms with Crippen molar-refractivity contribution in [1.29, 1.82) is 0 Å². The molecule has 0 atom stereocenters. The maximum atomic E-state index is 11.5. The van der Waals surface area contributed by atoms with E-state index in [9.17, 15) is 29.3 Å². The zero-order valence-corrected chi connectivity index (χ0v) is 14.3. The van der Waals surface area contributed by atoms with E-state index in [0.717, 1.165) is 19.3 Å². The second kappa shape index (κ2) is 10.6.